The molecule has 1 saturated carbocycles. The van der Waals surface area contributed by atoms with E-state index >= 15 is 0 Å². The third kappa shape index (κ3) is 2.94. The summed E-state index contributed by atoms with van der Waals surface area (Å²) in [5.74, 6) is -0.758. The monoisotopic (exact) mass is 202 g/mol. The molecule has 0 spiro atoms. The van der Waals surface area contributed by atoms with Crippen LogP contribution in [-0.4, -0.2) is 23.8 Å². The highest BCUT2D eigenvalue weighted by molar-refractivity contribution is 4.79. The Hall–Kier alpha value is -0.120. The van der Waals surface area contributed by atoms with Crippen molar-refractivity contribution in [1.82, 2.24) is 0 Å². The Balaban J connectivity index is 2.46. The molecule has 0 aliphatic heterocycles. The molecule has 0 bridgehead atoms. The fourth-order valence-corrected chi connectivity index (χ4v) is 2.03. The first kappa shape index (κ1) is 12.0. The molecule has 0 aromatic rings. The first-order valence-corrected chi connectivity index (χ1v) is 5.60. The van der Waals surface area contributed by atoms with Gasteiger partial charge in [0.05, 0.1) is 0 Å². The third-order valence-electron chi connectivity index (χ3n) is 2.96. The summed E-state index contributed by atoms with van der Waals surface area (Å²) >= 11 is 0. The summed E-state index contributed by atoms with van der Waals surface area (Å²) in [7, 11) is 0. The van der Waals surface area contributed by atoms with Crippen LogP contribution in [0.15, 0.2) is 0 Å². The van der Waals surface area contributed by atoms with E-state index in [1.54, 1.807) is 0 Å². The van der Waals surface area contributed by atoms with E-state index in [2.05, 4.69) is 0 Å². The van der Waals surface area contributed by atoms with Crippen molar-refractivity contribution in [1.29, 1.82) is 0 Å². The molecule has 14 heavy (non-hydrogen) atoms. The Morgan fingerprint density at radius 3 is 2.79 bits per heavy atom. The van der Waals surface area contributed by atoms with E-state index < -0.39 is 5.79 Å². The fraction of sp³-hybridized carbons (Fsp3) is 1.00. The second-order valence-electron chi connectivity index (χ2n) is 4.13. The number of ether oxygens (including phenoxy) is 2. The molecule has 0 saturated heterocycles. The molecule has 0 aromatic carbocycles. The number of hydrogen-bond acceptors (Lipinski definition) is 3. The fourth-order valence-electron chi connectivity index (χ4n) is 2.03. The second kappa shape index (κ2) is 5.10. The van der Waals surface area contributed by atoms with Crippen molar-refractivity contribution >= 4 is 0 Å². The Bertz CT molecular complexity index is 172. The average Bonchev–Trinajstić information content (AvgIpc) is 2.10. The van der Waals surface area contributed by atoms with Crippen molar-refractivity contribution in [3.63, 3.8) is 0 Å². The van der Waals surface area contributed by atoms with Crippen LogP contribution in [0, 0.1) is 5.92 Å². The van der Waals surface area contributed by atoms with Gasteiger partial charge in [0.1, 0.15) is 0 Å². The molecular weight excluding hydrogens is 180 g/mol. The van der Waals surface area contributed by atoms with Crippen LogP contribution in [0.3, 0.4) is 0 Å². The van der Waals surface area contributed by atoms with Gasteiger partial charge in [-0.3, -0.25) is 0 Å². The van der Waals surface area contributed by atoms with Crippen LogP contribution < -0.4 is 0 Å². The largest absolute Gasteiger partial charge is 0.365 e. The van der Waals surface area contributed by atoms with Gasteiger partial charge in [-0.15, -0.1) is 0 Å². The molecular formula is C11H22O3. The van der Waals surface area contributed by atoms with Gasteiger partial charge in [0.2, 0.25) is 0 Å². The summed E-state index contributed by atoms with van der Waals surface area (Å²) in [6.45, 7) is 6.42. The molecule has 3 nitrogen and oxygen atoms in total. The van der Waals surface area contributed by atoms with Crippen LogP contribution in [0.1, 0.15) is 46.5 Å². The smallest absolute Gasteiger partial charge is 0.171 e. The number of aliphatic hydroxyl groups is 1. The van der Waals surface area contributed by atoms with Gasteiger partial charge in [0, 0.05) is 18.9 Å². The number of hydrogen-bond donors (Lipinski definition) is 1. The molecule has 1 N–H and O–H groups in total. The summed E-state index contributed by atoms with van der Waals surface area (Å²) in [4.78, 5) is 0. The normalized spacial score (nSPS) is 35.6. The molecule has 1 aliphatic rings. The van der Waals surface area contributed by atoms with Gasteiger partial charge in [-0.1, -0.05) is 13.3 Å². The molecule has 3 heteroatoms. The maximum atomic E-state index is 10.2. The minimum Gasteiger partial charge on any atom is -0.365 e. The molecule has 3 atom stereocenters. The predicted octanol–water partition coefficient (Wildman–Crippen LogP) is 2.28. The Morgan fingerprint density at radius 1 is 1.50 bits per heavy atom. The average molecular weight is 202 g/mol. The molecule has 3 unspecified atom stereocenters. The van der Waals surface area contributed by atoms with E-state index in [0.29, 0.717) is 6.61 Å². The van der Waals surface area contributed by atoms with Crippen LogP contribution in [0.4, 0.5) is 0 Å². The lowest BCUT2D eigenvalue weighted by molar-refractivity contribution is -0.313. The summed E-state index contributed by atoms with van der Waals surface area (Å²) in [6, 6.07) is 0. The lowest BCUT2D eigenvalue weighted by Crippen LogP contribution is -2.44. The minimum absolute atomic E-state index is 0.208. The van der Waals surface area contributed by atoms with Crippen LogP contribution >= 0.6 is 0 Å². The van der Waals surface area contributed by atoms with Crippen LogP contribution in [-0.2, 0) is 9.47 Å². The van der Waals surface area contributed by atoms with Crippen LogP contribution in [0.2, 0.25) is 0 Å². The van der Waals surface area contributed by atoms with Gasteiger partial charge in [-0.2, -0.15) is 0 Å². The summed E-state index contributed by atoms with van der Waals surface area (Å²) < 4.78 is 10.8. The minimum atomic E-state index is -0.965. The third-order valence-corrected chi connectivity index (χ3v) is 2.96. The van der Waals surface area contributed by atoms with Gasteiger partial charge in [0.25, 0.3) is 0 Å². The van der Waals surface area contributed by atoms with Crippen molar-refractivity contribution in [2.45, 2.75) is 58.5 Å². The van der Waals surface area contributed by atoms with E-state index in [4.69, 9.17) is 9.47 Å². The van der Waals surface area contributed by atoms with Crippen molar-refractivity contribution in [2.24, 2.45) is 5.92 Å². The lowest BCUT2D eigenvalue weighted by atomic mass is 9.84. The molecule has 0 radical (unpaired) electrons. The van der Waals surface area contributed by atoms with E-state index in [9.17, 15) is 5.11 Å². The number of rotatable bonds is 4. The van der Waals surface area contributed by atoms with Gasteiger partial charge < -0.3 is 14.6 Å². The van der Waals surface area contributed by atoms with Crippen molar-refractivity contribution in [2.75, 3.05) is 6.61 Å². The lowest BCUT2D eigenvalue weighted by Gasteiger charge is -2.39. The van der Waals surface area contributed by atoms with Gasteiger partial charge >= 0.3 is 0 Å². The van der Waals surface area contributed by atoms with E-state index in [1.165, 1.54) is 6.42 Å². The zero-order chi connectivity index (χ0) is 10.6. The highest BCUT2D eigenvalue weighted by Crippen LogP contribution is 2.35. The predicted molar refractivity (Wildman–Crippen MR) is 54.8 cm³/mol. The van der Waals surface area contributed by atoms with E-state index in [-0.39, 0.29) is 12.2 Å². The van der Waals surface area contributed by atoms with Crippen molar-refractivity contribution in [3.05, 3.63) is 0 Å². The SMILES string of the molecule is CCOC(C)OC1(O)CCCCC1C. The summed E-state index contributed by atoms with van der Waals surface area (Å²) in [6.07, 6.45) is 3.68. The maximum absolute atomic E-state index is 10.2. The Kier molecular flexibility index (Phi) is 4.35. The Morgan fingerprint density at radius 2 is 2.21 bits per heavy atom. The van der Waals surface area contributed by atoms with Gasteiger partial charge in [0.15, 0.2) is 12.1 Å². The molecule has 1 rings (SSSR count). The molecule has 1 aliphatic carbocycles. The van der Waals surface area contributed by atoms with Gasteiger partial charge in [-0.25, -0.2) is 0 Å². The first-order chi connectivity index (χ1) is 6.58. The van der Waals surface area contributed by atoms with Crippen LogP contribution in [0.25, 0.3) is 0 Å². The van der Waals surface area contributed by atoms with Crippen molar-refractivity contribution in [3.8, 4) is 0 Å². The molecule has 84 valence electrons. The molecule has 1 fully saturated rings. The Labute approximate surface area is 86.4 Å². The van der Waals surface area contributed by atoms with E-state index in [0.717, 1.165) is 19.3 Å². The molecule has 0 heterocycles. The highest BCUT2D eigenvalue weighted by atomic mass is 16.7. The molecule has 0 aromatic heterocycles. The first-order valence-electron chi connectivity index (χ1n) is 5.60. The zero-order valence-electron chi connectivity index (χ0n) is 9.45. The summed E-state index contributed by atoms with van der Waals surface area (Å²) in [5.41, 5.74) is 0. The topological polar surface area (TPSA) is 38.7 Å². The van der Waals surface area contributed by atoms with E-state index in [1.807, 2.05) is 20.8 Å². The zero-order valence-corrected chi connectivity index (χ0v) is 9.45. The highest BCUT2D eigenvalue weighted by Gasteiger charge is 2.38. The molecule has 0 amide bonds. The van der Waals surface area contributed by atoms with Crippen molar-refractivity contribution < 1.29 is 14.6 Å². The summed E-state index contributed by atoms with van der Waals surface area (Å²) in [5, 5.41) is 10.2. The quantitative estimate of drug-likeness (QED) is 0.711. The van der Waals surface area contributed by atoms with Gasteiger partial charge in [-0.05, 0) is 26.7 Å². The van der Waals surface area contributed by atoms with Crippen LogP contribution in [0.5, 0.6) is 0 Å². The maximum Gasteiger partial charge on any atom is 0.171 e. The second-order valence-corrected chi connectivity index (χ2v) is 4.13. The standard InChI is InChI=1S/C11H22O3/c1-4-13-10(3)14-11(12)8-6-5-7-9(11)2/h9-10,12H,4-8H2,1-3H3.